The Morgan fingerprint density at radius 1 is 1.44 bits per heavy atom. The lowest BCUT2D eigenvalue weighted by molar-refractivity contribution is -0.125. The first-order valence-corrected chi connectivity index (χ1v) is 3.14. The van der Waals surface area contributed by atoms with Gasteiger partial charge >= 0.3 is 5.91 Å². The number of ether oxygens (including phenoxy) is 1. The van der Waals surface area contributed by atoms with Crippen LogP contribution in [-0.4, -0.2) is 32.2 Å². The highest BCUT2D eigenvalue weighted by atomic mass is 16.5. The van der Waals surface area contributed by atoms with Crippen LogP contribution >= 0.6 is 0 Å². The van der Waals surface area contributed by atoms with Gasteiger partial charge in [-0.3, -0.25) is 0 Å². The van der Waals surface area contributed by atoms with Crippen LogP contribution in [0, 0.1) is 0 Å². The van der Waals surface area contributed by atoms with E-state index in [2.05, 4.69) is 0 Å². The van der Waals surface area contributed by atoms with Crippen LogP contribution in [0.15, 0.2) is 0 Å². The molecule has 0 bridgehead atoms. The van der Waals surface area contributed by atoms with E-state index in [4.69, 9.17) is 4.74 Å². The number of hydrogen-bond donors (Lipinski definition) is 0. The molecule has 1 aliphatic heterocycles. The summed E-state index contributed by atoms with van der Waals surface area (Å²) in [4.78, 5) is 12.5. The summed E-state index contributed by atoms with van der Waals surface area (Å²) in [6.07, 6.45) is 0. The quantitative estimate of drug-likeness (QED) is 0.421. The molecule has 1 aliphatic rings. The average molecular weight is 129 g/mol. The highest BCUT2D eigenvalue weighted by Crippen LogP contribution is 1.91. The molecule has 0 atom stereocenters. The molecule has 0 unspecified atom stereocenters. The Morgan fingerprint density at radius 2 is 2.00 bits per heavy atom. The summed E-state index contributed by atoms with van der Waals surface area (Å²) in [6, 6.07) is 0. The maximum atomic E-state index is 10.7. The van der Waals surface area contributed by atoms with Crippen LogP contribution in [0.25, 0.3) is 0 Å². The van der Waals surface area contributed by atoms with Gasteiger partial charge in [0, 0.05) is 0 Å². The molecule has 1 radical (unpaired) electrons. The maximum absolute atomic E-state index is 10.7. The van der Waals surface area contributed by atoms with Gasteiger partial charge in [0.05, 0.1) is 6.92 Å². The molecule has 0 spiro atoms. The average Bonchev–Trinajstić information content (AvgIpc) is 1.90. The molecule has 1 fully saturated rings. The highest BCUT2D eigenvalue weighted by Gasteiger charge is 2.23. The maximum Gasteiger partial charge on any atom is 0.358 e. The Morgan fingerprint density at radius 3 is 2.33 bits per heavy atom. The van der Waals surface area contributed by atoms with E-state index in [9.17, 15) is 4.79 Å². The lowest BCUT2D eigenvalue weighted by Gasteiger charge is -2.13. The summed E-state index contributed by atoms with van der Waals surface area (Å²) in [5.41, 5.74) is 0. The van der Waals surface area contributed by atoms with E-state index in [0.29, 0.717) is 13.2 Å². The standard InChI is InChI=1S/C6H11NO2/c1-6(8)7-2-4-9-5-3-7/h2-5H2,1H3/q+1. The molecule has 1 rings (SSSR count). The van der Waals surface area contributed by atoms with E-state index in [-0.39, 0.29) is 5.91 Å². The summed E-state index contributed by atoms with van der Waals surface area (Å²) in [5.74, 6) is 0.151. The summed E-state index contributed by atoms with van der Waals surface area (Å²) in [7, 11) is 0. The lowest BCUT2D eigenvalue weighted by Crippen LogP contribution is -2.44. The van der Waals surface area contributed by atoms with E-state index in [1.54, 1.807) is 11.8 Å². The minimum atomic E-state index is 0.151. The smallest absolute Gasteiger partial charge is 0.358 e. The van der Waals surface area contributed by atoms with Crippen molar-refractivity contribution in [3.8, 4) is 0 Å². The Balaban J connectivity index is 2.31. The van der Waals surface area contributed by atoms with Crippen molar-refractivity contribution >= 4 is 5.91 Å². The minimum absolute atomic E-state index is 0.151. The van der Waals surface area contributed by atoms with E-state index in [1.165, 1.54) is 0 Å². The third-order valence-corrected chi connectivity index (χ3v) is 1.46. The third kappa shape index (κ3) is 1.77. The van der Waals surface area contributed by atoms with E-state index in [0.717, 1.165) is 13.1 Å². The predicted molar refractivity (Wildman–Crippen MR) is 33.4 cm³/mol. The lowest BCUT2D eigenvalue weighted by atomic mass is 10.4. The van der Waals surface area contributed by atoms with Crippen LogP contribution in [0.2, 0.25) is 0 Å². The summed E-state index contributed by atoms with van der Waals surface area (Å²) in [6.45, 7) is 4.50. The number of hydrogen-bond acceptors (Lipinski definition) is 2. The summed E-state index contributed by atoms with van der Waals surface area (Å²) in [5, 5.41) is 0. The molecule has 0 aromatic carbocycles. The molecule has 9 heavy (non-hydrogen) atoms. The summed E-state index contributed by atoms with van der Waals surface area (Å²) < 4.78 is 5.06. The molecule has 0 saturated carbocycles. The van der Waals surface area contributed by atoms with Crippen LogP contribution in [0.5, 0.6) is 0 Å². The van der Waals surface area contributed by atoms with Crippen molar-refractivity contribution in [2.24, 2.45) is 0 Å². The number of carbonyl (C=O) groups is 1. The molecule has 3 nitrogen and oxygen atoms in total. The molecule has 1 saturated heterocycles. The predicted octanol–water partition coefficient (Wildman–Crippen LogP) is -0.297. The van der Waals surface area contributed by atoms with Crippen molar-refractivity contribution in [1.29, 1.82) is 0 Å². The second-order valence-corrected chi connectivity index (χ2v) is 2.12. The van der Waals surface area contributed by atoms with Crippen molar-refractivity contribution in [2.75, 3.05) is 26.3 Å². The van der Waals surface area contributed by atoms with Gasteiger partial charge in [-0.25, -0.2) is 4.79 Å². The van der Waals surface area contributed by atoms with Crippen LogP contribution < -0.4 is 4.90 Å². The molecular weight excluding hydrogens is 118 g/mol. The minimum Gasteiger partial charge on any atom is -0.369 e. The number of amides is 1. The van der Waals surface area contributed by atoms with Crippen molar-refractivity contribution in [2.45, 2.75) is 6.92 Å². The Bertz CT molecular complexity index is 108. The number of morpholine rings is 1. The van der Waals surface area contributed by atoms with Crippen LogP contribution in [0.4, 0.5) is 0 Å². The second kappa shape index (κ2) is 2.94. The van der Waals surface area contributed by atoms with Crippen molar-refractivity contribution < 1.29 is 9.53 Å². The Labute approximate surface area is 54.6 Å². The van der Waals surface area contributed by atoms with Crippen LogP contribution in [-0.2, 0) is 9.53 Å². The fraction of sp³-hybridized carbons (Fsp3) is 0.833. The molecule has 0 aromatic rings. The number of carbonyl (C=O) groups excluding carboxylic acids is 1. The van der Waals surface area contributed by atoms with E-state index in [1.807, 2.05) is 0 Å². The molecular formula is C6H11NO2+. The highest BCUT2D eigenvalue weighted by molar-refractivity contribution is 5.75. The second-order valence-electron chi connectivity index (χ2n) is 2.12. The number of rotatable bonds is 0. The molecule has 51 valence electrons. The van der Waals surface area contributed by atoms with Crippen LogP contribution in [0.3, 0.4) is 0 Å². The van der Waals surface area contributed by atoms with E-state index >= 15 is 0 Å². The zero-order valence-corrected chi connectivity index (χ0v) is 5.59. The first kappa shape index (κ1) is 6.71. The monoisotopic (exact) mass is 129 g/mol. The molecule has 0 aromatic heterocycles. The van der Waals surface area contributed by atoms with Gasteiger partial charge in [-0.2, -0.15) is 0 Å². The van der Waals surface area contributed by atoms with Gasteiger partial charge in [0.2, 0.25) is 0 Å². The van der Waals surface area contributed by atoms with Crippen LogP contribution in [0.1, 0.15) is 6.92 Å². The SMILES string of the molecule is CC(=O)[N+]1CCOCC1. The van der Waals surface area contributed by atoms with Crippen molar-refractivity contribution in [3.63, 3.8) is 0 Å². The first-order chi connectivity index (χ1) is 4.30. The van der Waals surface area contributed by atoms with Crippen molar-refractivity contribution in [1.82, 2.24) is 4.90 Å². The fourth-order valence-corrected chi connectivity index (χ4v) is 0.878. The third-order valence-electron chi connectivity index (χ3n) is 1.46. The van der Waals surface area contributed by atoms with Gasteiger partial charge in [-0.05, 0) is 0 Å². The summed E-state index contributed by atoms with van der Waals surface area (Å²) >= 11 is 0. The van der Waals surface area contributed by atoms with Gasteiger partial charge in [0.15, 0.2) is 13.1 Å². The molecule has 0 N–H and O–H groups in total. The molecule has 3 heteroatoms. The molecule has 1 amide bonds. The fourth-order valence-electron chi connectivity index (χ4n) is 0.878. The van der Waals surface area contributed by atoms with Gasteiger partial charge in [0.1, 0.15) is 13.2 Å². The zero-order chi connectivity index (χ0) is 6.69. The Kier molecular flexibility index (Phi) is 2.19. The topological polar surface area (TPSA) is 32.2 Å². The van der Waals surface area contributed by atoms with Gasteiger partial charge in [0.25, 0.3) is 0 Å². The van der Waals surface area contributed by atoms with E-state index < -0.39 is 0 Å². The number of nitrogens with zero attached hydrogens (tertiary/aromatic N) is 1. The largest absolute Gasteiger partial charge is 0.369 e. The first-order valence-electron chi connectivity index (χ1n) is 3.14. The molecule has 0 aliphatic carbocycles. The zero-order valence-electron chi connectivity index (χ0n) is 5.59. The van der Waals surface area contributed by atoms with Gasteiger partial charge in [-0.15, -0.1) is 0 Å². The van der Waals surface area contributed by atoms with Gasteiger partial charge in [-0.1, -0.05) is 4.90 Å². The van der Waals surface area contributed by atoms with Gasteiger partial charge < -0.3 is 4.74 Å². The van der Waals surface area contributed by atoms with Crippen molar-refractivity contribution in [3.05, 3.63) is 0 Å². The normalized spacial score (nSPS) is 21.9. The Hall–Kier alpha value is -0.410. The molecule has 1 heterocycles.